The van der Waals surface area contributed by atoms with Crippen molar-refractivity contribution >= 4 is 68.0 Å². The maximum atomic E-state index is 5.27. The monoisotopic (exact) mass is 860 g/mol. The molecule has 7 rings (SSSR count). The summed E-state index contributed by atoms with van der Waals surface area (Å²) in [4.78, 5) is 3.30. The summed E-state index contributed by atoms with van der Waals surface area (Å²) < 4.78 is 15.9. The molecule has 0 atom stereocenters. The fourth-order valence-corrected chi connectivity index (χ4v) is 7.31. The zero-order valence-electron chi connectivity index (χ0n) is 27.7. The standard InChI is InChI=1S/C22H19N3OS2.C10H9Br2N3O.C6H6S/c1-26-18-14-12-17(13-15-18)16-25-21(27-19-8-4-2-5-9-19)23-24-22(25)28-20-10-6-3-7-11-20;1-16-8-4-2-7(3-5-8)6-15-9(11)13-14-10(15)12;7-6-4-2-1-3-5-6/h2-15H,16H2,1H3;2-5H,6H2,1H3;1-5,7H. The fourth-order valence-electron chi connectivity index (χ4n) is 4.40. The number of ether oxygens (including phenoxy) is 2. The predicted octanol–water partition coefficient (Wildman–Crippen LogP) is 10.5. The molecule has 260 valence electrons. The van der Waals surface area contributed by atoms with Crippen LogP contribution in [0.4, 0.5) is 0 Å². The first-order valence-corrected chi connectivity index (χ1v) is 19.2. The lowest BCUT2D eigenvalue weighted by Gasteiger charge is -2.10. The lowest BCUT2D eigenvalue weighted by Crippen LogP contribution is -2.03. The van der Waals surface area contributed by atoms with E-state index in [0.717, 1.165) is 42.1 Å². The van der Waals surface area contributed by atoms with Crippen LogP contribution in [0, 0.1) is 0 Å². The summed E-state index contributed by atoms with van der Waals surface area (Å²) in [7, 11) is 3.33. The zero-order valence-corrected chi connectivity index (χ0v) is 33.4. The minimum Gasteiger partial charge on any atom is -0.497 e. The number of halogens is 2. The van der Waals surface area contributed by atoms with Crippen molar-refractivity contribution in [2.75, 3.05) is 14.2 Å². The number of benzene rings is 5. The van der Waals surface area contributed by atoms with E-state index in [0.29, 0.717) is 22.6 Å². The molecule has 0 aliphatic heterocycles. The van der Waals surface area contributed by atoms with Crippen molar-refractivity contribution in [3.63, 3.8) is 0 Å². The molecule has 8 nitrogen and oxygen atoms in total. The quantitative estimate of drug-likeness (QED) is 0.136. The van der Waals surface area contributed by atoms with Crippen molar-refractivity contribution in [1.29, 1.82) is 0 Å². The normalized spacial score (nSPS) is 10.4. The van der Waals surface area contributed by atoms with Gasteiger partial charge in [0.25, 0.3) is 0 Å². The van der Waals surface area contributed by atoms with Gasteiger partial charge in [-0.25, -0.2) is 0 Å². The van der Waals surface area contributed by atoms with Gasteiger partial charge in [-0.1, -0.05) is 78.9 Å². The van der Waals surface area contributed by atoms with Gasteiger partial charge in [0.15, 0.2) is 10.3 Å². The SMILES string of the molecule is COc1ccc(Cn2c(Br)nnc2Br)cc1.COc1ccc(Cn2c(Sc3ccccc3)nnc2Sc2ccccc2)cc1.Sc1ccccc1. The van der Waals surface area contributed by atoms with Crippen LogP contribution in [0.5, 0.6) is 11.5 Å². The van der Waals surface area contributed by atoms with Gasteiger partial charge in [-0.2, -0.15) is 0 Å². The van der Waals surface area contributed by atoms with E-state index in [-0.39, 0.29) is 0 Å². The Bertz CT molecular complexity index is 1970. The summed E-state index contributed by atoms with van der Waals surface area (Å²) in [6.07, 6.45) is 0. The van der Waals surface area contributed by atoms with Crippen LogP contribution in [0.1, 0.15) is 11.1 Å². The van der Waals surface area contributed by atoms with Crippen LogP contribution in [0.3, 0.4) is 0 Å². The molecule has 0 unspecified atom stereocenters. The molecule has 5 aromatic carbocycles. The van der Waals surface area contributed by atoms with Crippen LogP contribution < -0.4 is 9.47 Å². The van der Waals surface area contributed by atoms with E-state index in [9.17, 15) is 0 Å². The third kappa shape index (κ3) is 12.0. The van der Waals surface area contributed by atoms with Gasteiger partial charge in [0.1, 0.15) is 11.5 Å². The van der Waals surface area contributed by atoms with E-state index in [1.54, 1.807) is 37.7 Å². The minimum absolute atomic E-state index is 0.696. The fraction of sp³-hybridized carbons (Fsp3) is 0.105. The van der Waals surface area contributed by atoms with Crippen molar-refractivity contribution in [2.45, 2.75) is 38.1 Å². The first-order valence-electron chi connectivity index (χ1n) is 15.5. The Morgan fingerprint density at radius 3 is 1.24 bits per heavy atom. The maximum Gasteiger partial charge on any atom is 0.201 e. The average molecular weight is 863 g/mol. The lowest BCUT2D eigenvalue weighted by molar-refractivity contribution is 0.414. The van der Waals surface area contributed by atoms with E-state index in [4.69, 9.17) is 9.47 Å². The van der Waals surface area contributed by atoms with E-state index >= 15 is 0 Å². The number of hydrogen-bond acceptors (Lipinski definition) is 9. The third-order valence-electron chi connectivity index (χ3n) is 7.00. The summed E-state index contributed by atoms with van der Waals surface area (Å²) in [5.74, 6) is 1.70. The summed E-state index contributed by atoms with van der Waals surface area (Å²) in [6, 6.07) is 46.3. The van der Waals surface area contributed by atoms with Gasteiger partial charge in [0, 0.05) is 14.7 Å². The Morgan fingerprint density at radius 2 is 0.882 bits per heavy atom. The van der Waals surface area contributed by atoms with Crippen molar-refractivity contribution in [1.82, 2.24) is 29.5 Å². The Balaban J connectivity index is 0.000000183. The van der Waals surface area contributed by atoms with Crippen LogP contribution >= 0.6 is 68.0 Å². The van der Waals surface area contributed by atoms with E-state index in [2.05, 4.69) is 106 Å². The van der Waals surface area contributed by atoms with E-state index < -0.39 is 0 Å². The molecule has 7 aromatic rings. The first-order chi connectivity index (χ1) is 24.9. The molecule has 51 heavy (non-hydrogen) atoms. The largest absolute Gasteiger partial charge is 0.497 e. The number of aromatic nitrogens is 6. The third-order valence-corrected chi connectivity index (χ3v) is 10.5. The summed E-state index contributed by atoms with van der Waals surface area (Å²) in [6.45, 7) is 1.40. The van der Waals surface area contributed by atoms with Crippen LogP contribution in [-0.2, 0) is 13.1 Å². The molecule has 0 amide bonds. The van der Waals surface area contributed by atoms with Crippen LogP contribution in [-0.4, -0.2) is 43.7 Å². The molecule has 0 saturated carbocycles. The van der Waals surface area contributed by atoms with Crippen molar-refractivity contribution in [2.24, 2.45) is 0 Å². The number of thiol groups is 1. The molecule has 2 heterocycles. The predicted molar refractivity (Wildman–Crippen MR) is 214 cm³/mol. The molecule has 0 bridgehead atoms. The first kappa shape index (κ1) is 38.2. The van der Waals surface area contributed by atoms with Crippen LogP contribution in [0.2, 0.25) is 0 Å². The number of nitrogens with zero attached hydrogens (tertiary/aromatic N) is 6. The van der Waals surface area contributed by atoms with Crippen molar-refractivity contribution in [3.8, 4) is 11.5 Å². The maximum absolute atomic E-state index is 5.27. The second-order valence-corrected chi connectivity index (χ2v) is 14.6. The van der Waals surface area contributed by atoms with Gasteiger partial charge in [-0.05, 0) is 127 Å². The van der Waals surface area contributed by atoms with Gasteiger partial charge in [-0.3, -0.25) is 9.13 Å². The van der Waals surface area contributed by atoms with Gasteiger partial charge in [-0.15, -0.1) is 33.0 Å². The lowest BCUT2D eigenvalue weighted by atomic mass is 10.2. The van der Waals surface area contributed by atoms with Gasteiger partial charge >= 0.3 is 0 Å². The molecule has 0 N–H and O–H groups in total. The van der Waals surface area contributed by atoms with Crippen molar-refractivity contribution < 1.29 is 9.47 Å². The van der Waals surface area contributed by atoms with Gasteiger partial charge < -0.3 is 9.47 Å². The summed E-state index contributed by atoms with van der Waals surface area (Å²) >= 11 is 14.0. The number of rotatable bonds is 10. The van der Waals surface area contributed by atoms with Crippen LogP contribution in [0.25, 0.3) is 0 Å². The molecular weight excluding hydrogens is 828 g/mol. The minimum atomic E-state index is 0.696. The molecule has 0 radical (unpaired) electrons. The Kier molecular flexibility index (Phi) is 15.1. The highest BCUT2D eigenvalue weighted by Gasteiger charge is 2.15. The number of methoxy groups -OCH3 is 2. The molecule has 0 aliphatic rings. The highest BCUT2D eigenvalue weighted by Crippen LogP contribution is 2.33. The van der Waals surface area contributed by atoms with E-state index in [1.807, 2.05) is 108 Å². The Morgan fingerprint density at radius 1 is 0.510 bits per heavy atom. The van der Waals surface area contributed by atoms with E-state index in [1.165, 1.54) is 5.56 Å². The average Bonchev–Trinajstić information content (AvgIpc) is 3.70. The summed E-state index contributed by atoms with van der Waals surface area (Å²) in [5.41, 5.74) is 2.33. The molecule has 13 heteroatoms. The highest BCUT2D eigenvalue weighted by atomic mass is 79.9. The summed E-state index contributed by atoms with van der Waals surface area (Å²) in [5, 5.41) is 18.5. The highest BCUT2D eigenvalue weighted by molar-refractivity contribution is 9.11. The molecule has 0 aliphatic carbocycles. The van der Waals surface area contributed by atoms with Crippen LogP contribution in [0.15, 0.2) is 174 Å². The number of hydrogen-bond donors (Lipinski definition) is 1. The second kappa shape index (κ2) is 20.1. The zero-order chi connectivity index (χ0) is 35.8. The Labute approximate surface area is 328 Å². The molecular formula is C38H34Br2N6O2S3. The molecule has 0 spiro atoms. The Hall–Kier alpha value is -4.01. The second-order valence-electron chi connectivity index (χ2n) is 10.5. The van der Waals surface area contributed by atoms with Gasteiger partial charge in [0.05, 0.1) is 27.3 Å². The smallest absolute Gasteiger partial charge is 0.201 e. The van der Waals surface area contributed by atoms with Gasteiger partial charge in [0.2, 0.25) is 9.47 Å². The van der Waals surface area contributed by atoms with Crippen molar-refractivity contribution in [3.05, 3.63) is 160 Å². The molecule has 0 fully saturated rings. The molecule has 2 aromatic heterocycles. The topological polar surface area (TPSA) is 79.9 Å². The molecule has 0 saturated heterocycles.